The zero-order valence-corrected chi connectivity index (χ0v) is 20.2. The first-order chi connectivity index (χ1) is 16.9. The van der Waals surface area contributed by atoms with Crippen LogP contribution in [0.1, 0.15) is 18.4 Å². The first-order valence-corrected chi connectivity index (χ1v) is 12.4. The lowest BCUT2D eigenvalue weighted by molar-refractivity contribution is -0.387. The summed E-state index contributed by atoms with van der Waals surface area (Å²) >= 11 is 8.13. The molecule has 0 atom stereocenters. The van der Waals surface area contributed by atoms with Gasteiger partial charge in [0, 0.05) is 24.5 Å². The number of hydrogen-bond donors (Lipinski definition) is 0. The Balaban J connectivity index is 1.46. The van der Waals surface area contributed by atoms with Crippen molar-refractivity contribution in [1.29, 1.82) is 0 Å². The van der Waals surface area contributed by atoms with Gasteiger partial charge in [-0.1, -0.05) is 17.7 Å². The molecule has 2 aromatic carbocycles. The van der Waals surface area contributed by atoms with Crippen LogP contribution in [0.25, 0.3) is 6.08 Å². The van der Waals surface area contributed by atoms with Crippen molar-refractivity contribution in [2.75, 3.05) is 0 Å². The quantitative estimate of drug-likeness (QED) is 0.165. The molecular weight excluding hydrogens is 513 g/mol. The van der Waals surface area contributed by atoms with Crippen molar-refractivity contribution in [1.82, 2.24) is 14.9 Å². The topological polar surface area (TPSA) is 102 Å². The summed E-state index contributed by atoms with van der Waals surface area (Å²) in [6.45, 7) is 0. The van der Waals surface area contributed by atoms with Crippen molar-refractivity contribution < 1.29 is 14.1 Å². The van der Waals surface area contributed by atoms with Crippen LogP contribution in [0.4, 0.5) is 15.8 Å². The largest absolute Gasteiger partial charge is 0.283 e. The van der Waals surface area contributed by atoms with Gasteiger partial charge in [0.05, 0.1) is 25.4 Å². The Kier molecular flexibility index (Phi) is 6.54. The number of amides is 1. The van der Waals surface area contributed by atoms with E-state index in [0.717, 1.165) is 24.6 Å². The molecule has 2 fully saturated rings. The van der Waals surface area contributed by atoms with Gasteiger partial charge in [0.25, 0.3) is 11.6 Å². The van der Waals surface area contributed by atoms with Crippen molar-refractivity contribution in [2.24, 2.45) is 4.99 Å². The second-order valence-electron chi connectivity index (χ2n) is 7.63. The Morgan fingerprint density at radius 1 is 1.23 bits per heavy atom. The van der Waals surface area contributed by atoms with Gasteiger partial charge in [-0.15, -0.1) is 0 Å². The highest BCUT2D eigenvalue weighted by molar-refractivity contribution is 8.18. The predicted octanol–water partition coefficient (Wildman–Crippen LogP) is 6.09. The van der Waals surface area contributed by atoms with Gasteiger partial charge in [-0.2, -0.15) is 0 Å². The van der Waals surface area contributed by atoms with Crippen LogP contribution in [0, 0.1) is 15.9 Å². The molecule has 35 heavy (non-hydrogen) atoms. The molecule has 0 N–H and O–H groups in total. The molecule has 12 heteroatoms. The Morgan fingerprint density at radius 2 is 2.00 bits per heavy atom. The van der Waals surface area contributed by atoms with Crippen molar-refractivity contribution in [3.05, 3.63) is 86.3 Å². The third-order valence-corrected chi connectivity index (χ3v) is 7.33. The number of hydrogen-bond acceptors (Lipinski definition) is 8. The summed E-state index contributed by atoms with van der Waals surface area (Å²) in [7, 11) is 0. The number of carbonyl (C=O) groups is 1. The predicted molar refractivity (Wildman–Crippen MR) is 133 cm³/mol. The average Bonchev–Trinajstić information content (AvgIpc) is 3.63. The summed E-state index contributed by atoms with van der Waals surface area (Å²) in [5.41, 5.74) is 0.826. The third-order valence-electron chi connectivity index (χ3n) is 5.10. The molecule has 176 valence electrons. The lowest BCUT2D eigenvalue weighted by Gasteiger charge is -2.14. The third kappa shape index (κ3) is 5.21. The summed E-state index contributed by atoms with van der Waals surface area (Å²) in [5, 5.41) is 12.5. The molecule has 2 heterocycles. The fraction of sp³-hybridized carbons (Fsp3) is 0.130. The molecule has 5 rings (SSSR count). The SMILES string of the molecule is O=C1/C(=C\c2ccc(Sc3ncccn3)c([N+](=O)[O-])c2)SC(=Nc2ccc(F)c(Cl)c2)N1C1CC1. The van der Waals surface area contributed by atoms with Crippen molar-refractivity contribution in [2.45, 2.75) is 28.9 Å². The van der Waals surface area contributed by atoms with Gasteiger partial charge in [0.1, 0.15) is 5.82 Å². The van der Waals surface area contributed by atoms with E-state index in [9.17, 15) is 19.3 Å². The van der Waals surface area contributed by atoms with Crippen LogP contribution in [0.3, 0.4) is 0 Å². The fourth-order valence-electron chi connectivity index (χ4n) is 3.33. The molecule has 0 spiro atoms. The van der Waals surface area contributed by atoms with E-state index in [1.54, 1.807) is 41.6 Å². The Morgan fingerprint density at radius 3 is 2.69 bits per heavy atom. The van der Waals surface area contributed by atoms with Crippen molar-refractivity contribution >= 4 is 63.7 Å². The smallest absolute Gasteiger partial charge is 0.283 e. The number of nitrogens with zero attached hydrogens (tertiary/aromatic N) is 5. The number of nitro groups is 1. The second kappa shape index (κ2) is 9.76. The van der Waals surface area contributed by atoms with E-state index in [2.05, 4.69) is 15.0 Å². The maximum atomic E-state index is 13.5. The maximum Gasteiger partial charge on any atom is 0.283 e. The minimum atomic E-state index is -0.549. The number of carbonyl (C=O) groups excluding carboxylic acids is 1. The molecule has 1 saturated carbocycles. The maximum absolute atomic E-state index is 13.5. The van der Waals surface area contributed by atoms with Gasteiger partial charge < -0.3 is 0 Å². The Labute approximate surface area is 212 Å². The fourth-order valence-corrected chi connectivity index (χ4v) is 5.36. The van der Waals surface area contributed by atoms with Gasteiger partial charge >= 0.3 is 0 Å². The van der Waals surface area contributed by atoms with Gasteiger partial charge in [0.2, 0.25) is 0 Å². The van der Waals surface area contributed by atoms with E-state index in [0.29, 0.717) is 31.4 Å². The number of amidine groups is 1. The molecule has 1 aromatic heterocycles. The molecule has 1 aliphatic carbocycles. The van der Waals surface area contributed by atoms with Crippen LogP contribution in [-0.2, 0) is 4.79 Å². The molecule has 0 unspecified atom stereocenters. The number of halogens is 2. The molecule has 2 aliphatic rings. The molecule has 1 amide bonds. The monoisotopic (exact) mass is 527 g/mol. The van der Waals surface area contributed by atoms with E-state index in [-0.39, 0.29) is 22.7 Å². The molecule has 1 saturated heterocycles. The van der Waals surface area contributed by atoms with Gasteiger partial charge in [-0.25, -0.2) is 19.4 Å². The summed E-state index contributed by atoms with van der Waals surface area (Å²) in [6.07, 6.45) is 6.47. The van der Waals surface area contributed by atoms with E-state index in [4.69, 9.17) is 11.6 Å². The minimum Gasteiger partial charge on any atom is -0.283 e. The number of benzene rings is 2. The highest BCUT2D eigenvalue weighted by Gasteiger charge is 2.43. The van der Waals surface area contributed by atoms with E-state index in [1.165, 1.54) is 36.0 Å². The highest BCUT2D eigenvalue weighted by Crippen LogP contribution is 2.42. The van der Waals surface area contributed by atoms with Gasteiger partial charge in [0.15, 0.2) is 10.3 Å². The van der Waals surface area contributed by atoms with Crippen LogP contribution < -0.4 is 0 Å². The normalized spacial score (nSPS) is 18.0. The Bertz CT molecular complexity index is 1400. The highest BCUT2D eigenvalue weighted by atomic mass is 35.5. The summed E-state index contributed by atoms with van der Waals surface area (Å²) < 4.78 is 13.5. The van der Waals surface area contributed by atoms with E-state index in [1.807, 2.05) is 0 Å². The summed E-state index contributed by atoms with van der Waals surface area (Å²) in [4.78, 5) is 39.5. The molecule has 3 aromatic rings. The molecule has 8 nitrogen and oxygen atoms in total. The van der Waals surface area contributed by atoms with Crippen LogP contribution >= 0.6 is 35.1 Å². The number of thioether (sulfide) groups is 1. The summed E-state index contributed by atoms with van der Waals surface area (Å²) in [6, 6.07) is 10.6. The van der Waals surface area contributed by atoms with Crippen LogP contribution in [0.2, 0.25) is 5.02 Å². The minimum absolute atomic E-state index is 0.0505. The van der Waals surface area contributed by atoms with Crippen LogP contribution in [0.5, 0.6) is 0 Å². The zero-order chi connectivity index (χ0) is 24.5. The van der Waals surface area contributed by atoms with Crippen LogP contribution in [0.15, 0.2) is 74.8 Å². The molecule has 0 radical (unpaired) electrons. The van der Waals surface area contributed by atoms with E-state index < -0.39 is 10.7 Å². The molecular formula is C23H15ClFN5O3S2. The lowest BCUT2D eigenvalue weighted by atomic mass is 10.2. The number of aromatic nitrogens is 2. The summed E-state index contributed by atoms with van der Waals surface area (Å²) in [5.74, 6) is -0.768. The first-order valence-electron chi connectivity index (χ1n) is 10.4. The standard InChI is InChI=1S/C23H15ClFN5O3S2/c24-16-12-14(3-6-17(16)25)28-23-29(15-4-5-15)21(31)20(35-23)11-13-2-7-19(18(10-13)30(32)33)34-22-26-8-1-9-27-22/h1-3,6-12,15H,4-5H2/b20-11+,28-23?. The number of rotatable bonds is 6. The van der Waals surface area contributed by atoms with Crippen molar-refractivity contribution in [3.8, 4) is 0 Å². The Hall–Kier alpha value is -3.28. The lowest BCUT2D eigenvalue weighted by Crippen LogP contribution is -2.31. The average molecular weight is 528 g/mol. The van der Waals surface area contributed by atoms with Gasteiger partial charge in [-0.05, 0) is 78.3 Å². The molecule has 0 bridgehead atoms. The second-order valence-corrected chi connectivity index (χ2v) is 10.1. The van der Waals surface area contributed by atoms with E-state index >= 15 is 0 Å². The number of aliphatic imine (C=N–C) groups is 1. The number of nitro benzene ring substituents is 1. The zero-order valence-electron chi connectivity index (χ0n) is 17.8. The van der Waals surface area contributed by atoms with Crippen LogP contribution in [-0.4, -0.2) is 36.9 Å². The van der Waals surface area contributed by atoms with Crippen molar-refractivity contribution in [3.63, 3.8) is 0 Å². The van der Waals surface area contributed by atoms with Gasteiger partial charge in [-0.3, -0.25) is 19.8 Å². The molecule has 1 aliphatic heterocycles. The first kappa shape index (κ1) is 23.5.